The van der Waals surface area contributed by atoms with E-state index in [-0.39, 0.29) is 11.5 Å². The van der Waals surface area contributed by atoms with Crippen LogP contribution in [0.3, 0.4) is 0 Å². The van der Waals surface area contributed by atoms with Gasteiger partial charge in [-0.15, -0.1) is 0 Å². The number of aryl methyl sites for hydroxylation is 1. The Balaban J connectivity index is 1.95. The van der Waals surface area contributed by atoms with Gasteiger partial charge in [-0.3, -0.25) is 4.79 Å². The van der Waals surface area contributed by atoms with Gasteiger partial charge in [0.15, 0.2) is 0 Å². The Bertz CT molecular complexity index is 461. The molecule has 104 valence electrons. The molecule has 0 aromatic heterocycles. The highest BCUT2D eigenvalue weighted by Crippen LogP contribution is 2.15. The van der Waals surface area contributed by atoms with Crippen LogP contribution in [0.1, 0.15) is 35.2 Å². The molecule has 0 aliphatic carbocycles. The summed E-state index contributed by atoms with van der Waals surface area (Å²) in [5.41, 5.74) is 0.640. The van der Waals surface area contributed by atoms with Crippen molar-refractivity contribution in [2.75, 3.05) is 20.1 Å². The van der Waals surface area contributed by atoms with E-state index in [9.17, 15) is 9.18 Å². The predicted octanol–water partition coefficient (Wildman–Crippen LogP) is 2.35. The van der Waals surface area contributed by atoms with Gasteiger partial charge in [-0.25, -0.2) is 4.39 Å². The first kappa shape index (κ1) is 14.0. The van der Waals surface area contributed by atoms with Gasteiger partial charge in [-0.05, 0) is 45.0 Å². The van der Waals surface area contributed by atoms with Crippen LogP contribution in [-0.2, 0) is 0 Å². The normalized spacial score (nSPS) is 20.3. The van der Waals surface area contributed by atoms with E-state index >= 15 is 0 Å². The highest BCUT2D eigenvalue weighted by molar-refractivity contribution is 5.94. The van der Waals surface area contributed by atoms with Crippen molar-refractivity contribution in [2.24, 2.45) is 0 Å². The summed E-state index contributed by atoms with van der Waals surface area (Å²) >= 11 is 0. The van der Waals surface area contributed by atoms with E-state index in [1.165, 1.54) is 18.9 Å². The molecule has 1 saturated heterocycles. The molecule has 0 radical (unpaired) electrons. The van der Waals surface area contributed by atoms with E-state index in [1.54, 1.807) is 19.1 Å². The van der Waals surface area contributed by atoms with E-state index in [0.717, 1.165) is 13.0 Å². The third-order valence-electron chi connectivity index (χ3n) is 3.86. The van der Waals surface area contributed by atoms with Crippen molar-refractivity contribution >= 4 is 5.91 Å². The number of nitrogens with zero attached hydrogens (tertiary/aromatic N) is 1. The lowest BCUT2D eigenvalue weighted by molar-refractivity contribution is 0.0924. The van der Waals surface area contributed by atoms with Gasteiger partial charge in [0.1, 0.15) is 5.82 Å². The number of nitrogens with one attached hydrogen (secondary N) is 1. The molecule has 19 heavy (non-hydrogen) atoms. The van der Waals surface area contributed by atoms with E-state index in [1.807, 2.05) is 0 Å². The number of likely N-dealkylation sites (tertiary alicyclic amines) is 1. The lowest BCUT2D eigenvalue weighted by Crippen LogP contribution is -2.44. The number of benzene rings is 1. The van der Waals surface area contributed by atoms with Crippen molar-refractivity contribution in [1.82, 2.24) is 10.2 Å². The Morgan fingerprint density at radius 1 is 1.47 bits per heavy atom. The summed E-state index contributed by atoms with van der Waals surface area (Å²) in [6.07, 6.45) is 3.50. The average molecular weight is 264 g/mol. The van der Waals surface area contributed by atoms with Crippen LogP contribution in [0.5, 0.6) is 0 Å². The minimum Gasteiger partial charge on any atom is -0.350 e. The molecule has 1 aliphatic rings. The van der Waals surface area contributed by atoms with Gasteiger partial charge in [0.25, 0.3) is 5.91 Å². The maximum Gasteiger partial charge on any atom is 0.254 e. The molecule has 0 spiro atoms. The summed E-state index contributed by atoms with van der Waals surface area (Å²) < 4.78 is 13.8. The Kier molecular flexibility index (Phi) is 4.53. The molecule has 1 fully saturated rings. The van der Waals surface area contributed by atoms with Crippen LogP contribution in [0.2, 0.25) is 0 Å². The second-order valence-electron chi connectivity index (χ2n) is 5.28. The fourth-order valence-electron chi connectivity index (χ4n) is 2.53. The van der Waals surface area contributed by atoms with Gasteiger partial charge in [0, 0.05) is 12.6 Å². The van der Waals surface area contributed by atoms with E-state index < -0.39 is 5.82 Å². The van der Waals surface area contributed by atoms with Crippen LogP contribution >= 0.6 is 0 Å². The maximum atomic E-state index is 13.8. The maximum absolute atomic E-state index is 13.8. The number of carbonyl (C=O) groups excluding carboxylic acids is 1. The van der Waals surface area contributed by atoms with Crippen LogP contribution in [0.4, 0.5) is 4.39 Å². The van der Waals surface area contributed by atoms with Gasteiger partial charge in [0.2, 0.25) is 0 Å². The number of hydrogen-bond acceptors (Lipinski definition) is 2. The fraction of sp³-hybridized carbons (Fsp3) is 0.533. The Hall–Kier alpha value is -1.42. The molecule has 1 aliphatic heterocycles. The zero-order chi connectivity index (χ0) is 13.8. The second kappa shape index (κ2) is 6.15. The van der Waals surface area contributed by atoms with Crippen molar-refractivity contribution < 1.29 is 9.18 Å². The van der Waals surface area contributed by atoms with E-state index in [2.05, 4.69) is 17.3 Å². The molecule has 0 bridgehead atoms. The van der Waals surface area contributed by atoms with Crippen molar-refractivity contribution in [3.05, 3.63) is 35.1 Å². The number of halogens is 1. The molecular weight excluding hydrogens is 243 g/mol. The fourth-order valence-corrected chi connectivity index (χ4v) is 2.53. The molecule has 2 rings (SSSR count). The molecule has 1 unspecified atom stereocenters. The van der Waals surface area contributed by atoms with Crippen LogP contribution in [0, 0.1) is 12.7 Å². The number of likely N-dealkylation sites (N-methyl/N-ethyl adjacent to an activating group) is 1. The van der Waals surface area contributed by atoms with Gasteiger partial charge >= 0.3 is 0 Å². The third kappa shape index (κ3) is 3.32. The Morgan fingerprint density at radius 3 is 3.00 bits per heavy atom. The van der Waals surface area contributed by atoms with E-state index in [0.29, 0.717) is 18.2 Å². The number of carbonyl (C=O) groups is 1. The van der Waals surface area contributed by atoms with Crippen LogP contribution in [0.25, 0.3) is 0 Å². The molecule has 4 heteroatoms. The first-order valence-corrected chi connectivity index (χ1v) is 6.83. The first-order valence-electron chi connectivity index (χ1n) is 6.83. The zero-order valence-electron chi connectivity index (χ0n) is 11.6. The zero-order valence-corrected chi connectivity index (χ0v) is 11.6. The van der Waals surface area contributed by atoms with Crippen LogP contribution < -0.4 is 5.32 Å². The van der Waals surface area contributed by atoms with Gasteiger partial charge < -0.3 is 10.2 Å². The quantitative estimate of drug-likeness (QED) is 0.909. The standard InChI is InChI=1S/C15H21FN2O/c1-11-6-5-8-13(14(11)16)15(19)17-10-12-7-3-4-9-18(12)2/h5-6,8,12H,3-4,7,9-10H2,1-2H3,(H,17,19). The molecule has 3 nitrogen and oxygen atoms in total. The summed E-state index contributed by atoms with van der Waals surface area (Å²) in [7, 11) is 2.07. The number of amides is 1. The highest BCUT2D eigenvalue weighted by Gasteiger charge is 2.20. The van der Waals surface area contributed by atoms with Gasteiger partial charge in [-0.1, -0.05) is 18.6 Å². The summed E-state index contributed by atoms with van der Waals surface area (Å²) in [6.45, 7) is 3.32. The minimum atomic E-state index is -0.419. The SMILES string of the molecule is Cc1cccc(C(=O)NCC2CCCCN2C)c1F. The van der Waals surface area contributed by atoms with Crippen molar-refractivity contribution in [2.45, 2.75) is 32.2 Å². The first-order chi connectivity index (χ1) is 9.09. The van der Waals surface area contributed by atoms with Crippen molar-refractivity contribution in [3.8, 4) is 0 Å². The summed E-state index contributed by atoms with van der Waals surface area (Å²) in [5, 5.41) is 2.85. The van der Waals surface area contributed by atoms with E-state index in [4.69, 9.17) is 0 Å². The van der Waals surface area contributed by atoms with Gasteiger partial charge in [0.05, 0.1) is 5.56 Å². The minimum absolute atomic E-state index is 0.137. The van der Waals surface area contributed by atoms with Crippen molar-refractivity contribution in [3.63, 3.8) is 0 Å². The van der Waals surface area contributed by atoms with Crippen LogP contribution in [0.15, 0.2) is 18.2 Å². The average Bonchev–Trinajstić information content (AvgIpc) is 2.40. The molecule has 1 aromatic carbocycles. The summed E-state index contributed by atoms with van der Waals surface area (Å²) in [5.74, 6) is -0.739. The highest BCUT2D eigenvalue weighted by atomic mass is 19.1. The Labute approximate surface area is 113 Å². The topological polar surface area (TPSA) is 32.3 Å². The molecule has 1 aromatic rings. The predicted molar refractivity (Wildman–Crippen MR) is 73.7 cm³/mol. The molecule has 1 amide bonds. The smallest absolute Gasteiger partial charge is 0.254 e. The summed E-state index contributed by atoms with van der Waals surface area (Å²) in [6, 6.07) is 5.27. The molecule has 1 N–H and O–H groups in total. The van der Waals surface area contributed by atoms with Crippen LogP contribution in [-0.4, -0.2) is 37.0 Å². The third-order valence-corrected chi connectivity index (χ3v) is 3.86. The largest absolute Gasteiger partial charge is 0.350 e. The van der Waals surface area contributed by atoms with Gasteiger partial charge in [-0.2, -0.15) is 0 Å². The lowest BCUT2D eigenvalue weighted by Gasteiger charge is -2.32. The molecule has 1 atom stereocenters. The lowest BCUT2D eigenvalue weighted by atomic mass is 10.0. The molecule has 0 saturated carbocycles. The number of rotatable bonds is 3. The summed E-state index contributed by atoms with van der Waals surface area (Å²) in [4.78, 5) is 14.3. The second-order valence-corrected chi connectivity index (χ2v) is 5.28. The monoisotopic (exact) mass is 264 g/mol. The number of piperidine rings is 1. The number of hydrogen-bond donors (Lipinski definition) is 1. The van der Waals surface area contributed by atoms with Crippen molar-refractivity contribution in [1.29, 1.82) is 0 Å². The molecule has 1 heterocycles. The molecular formula is C15H21FN2O. The Morgan fingerprint density at radius 2 is 2.26 bits per heavy atom.